The van der Waals surface area contributed by atoms with Crippen LogP contribution >= 0.6 is 0 Å². The lowest BCUT2D eigenvalue weighted by molar-refractivity contribution is 0.0683. The Morgan fingerprint density at radius 1 is 1.35 bits per heavy atom. The highest BCUT2D eigenvalue weighted by atomic mass is 16.6. The van der Waals surface area contributed by atoms with Crippen LogP contribution in [-0.4, -0.2) is 26.9 Å². The summed E-state index contributed by atoms with van der Waals surface area (Å²) in [5.74, 6) is 1.34. The zero-order chi connectivity index (χ0) is 12.5. The Bertz CT molecular complexity index is 446. The number of amides is 1. The van der Waals surface area contributed by atoms with E-state index in [-0.39, 0.29) is 0 Å². The number of cyclic esters (lactones) is 1. The summed E-state index contributed by atoms with van der Waals surface area (Å²) in [6.45, 7) is 2.27. The van der Waals surface area contributed by atoms with E-state index in [1.54, 1.807) is 20.3 Å². The molecule has 92 valence electrons. The van der Waals surface area contributed by atoms with Gasteiger partial charge in [0.15, 0.2) is 5.60 Å². The van der Waals surface area contributed by atoms with Gasteiger partial charge >= 0.3 is 6.09 Å². The van der Waals surface area contributed by atoms with E-state index in [0.29, 0.717) is 18.0 Å². The highest BCUT2D eigenvalue weighted by Crippen LogP contribution is 2.37. The molecular weight excluding hydrogens is 222 g/mol. The van der Waals surface area contributed by atoms with Crippen LogP contribution in [0.5, 0.6) is 11.5 Å². The molecule has 2 rings (SSSR count). The highest BCUT2D eigenvalue weighted by Gasteiger charge is 2.39. The minimum Gasteiger partial charge on any atom is -0.497 e. The summed E-state index contributed by atoms with van der Waals surface area (Å²) in [5.41, 5.74) is 0.119. The molecule has 1 N–H and O–H groups in total. The Kier molecular flexibility index (Phi) is 2.83. The maximum absolute atomic E-state index is 11.2. The average Bonchev–Trinajstić information content (AvgIpc) is 2.69. The monoisotopic (exact) mass is 237 g/mol. The summed E-state index contributed by atoms with van der Waals surface area (Å²) < 4.78 is 15.7. The SMILES string of the molecule is COc1ccc(C2(C)CNC(=O)O2)c(OC)c1. The molecule has 5 nitrogen and oxygen atoms in total. The van der Waals surface area contributed by atoms with Crippen LogP contribution in [-0.2, 0) is 10.3 Å². The molecule has 0 bridgehead atoms. The van der Waals surface area contributed by atoms with E-state index in [1.807, 2.05) is 19.1 Å². The Balaban J connectivity index is 2.41. The number of carbonyl (C=O) groups is 1. The van der Waals surface area contributed by atoms with Gasteiger partial charge < -0.3 is 19.5 Å². The molecule has 1 unspecified atom stereocenters. The molecular formula is C12H15NO4. The number of benzene rings is 1. The van der Waals surface area contributed by atoms with E-state index in [0.717, 1.165) is 5.56 Å². The molecule has 0 aliphatic carbocycles. The van der Waals surface area contributed by atoms with Gasteiger partial charge in [0.05, 0.1) is 20.8 Å². The number of ether oxygens (including phenoxy) is 3. The average molecular weight is 237 g/mol. The smallest absolute Gasteiger partial charge is 0.408 e. The Morgan fingerprint density at radius 3 is 2.65 bits per heavy atom. The van der Waals surface area contributed by atoms with Crippen LogP contribution in [0, 0.1) is 0 Å². The van der Waals surface area contributed by atoms with Gasteiger partial charge in [0.1, 0.15) is 11.5 Å². The molecule has 1 aliphatic rings. The molecule has 17 heavy (non-hydrogen) atoms. The molecule has 1 heterocycles. The maximum Gasteiger partial charge on any atom is 0.408 e. The molecule has 5 heteroatoms. The van der Waals surface area contributed by atoms with E-state index in [4.69, 9.17) is 14.2 Å². The molecule has 1 fully saturated rings. The second-order valence-corrected chi connectivity index (χ2v) is 4.04. The lowest BCUT2D eigenvalue weighted by Crippen LogP contribution is -2.26. The largest absolute Gasteiger partial charge is 0.497 e. The first kappa shape index (κ1) is 11.6. The number of alkyl carbamates (subject to hydrolysis) is 1. The standard InChI is InChI=1S/C12H15NO4/c1-12(7-13-11(14)17-12)9-5-4-8(15-2)6-10(9)16-3/h4-6H,7H2,1-3H3,(H,13,14). The van der Waals surface area contributed by atoms with Gasteiger partial charge in [-0.2, -0.15) is 0 Å². The Hall–Kier alpha value is -1.91. The number of nitrogens with one attached hydrogen (secondary N) is 1. The van der Waals surface area contributed by atoms with E-state index in [9.17, 15) is 4.79 Å². The van der Waals surface area contributed by atoms with Crippen molar-refractivity contribution in [3.8, 4) is 11.5 Å². The zero-order valence-electron chi connectivity index (χ0n) is 10.1. The normalized spacial score (nSPS) is 22.9. The van der Waals surface area contributed by atoms with Crippen LogP contribution in [0.15, 0.2) is 18.2 Å². The number of rotatable bonds is 3. The third-order valence-electron chi connectivity index (χ3n) is 2.87. The van der Waals surface area contributed by atoms with E-state index in [2.05, 4.69) is 5.32 Å². The lowest BCUT2D eigenvalue weighted by Gasteiger charge is -2.24. The lowest BCUT2D eigenvalue weighted by atomic mass is 9.95. The van der Waals surface area contributed by atoms with Crippen molar-refractivity contribution in [2.24, 2.45) is 0 Å². The van der Waals surface area contributed by atoms with Crippen molar-refractivity contribution in [3.63, 3.8) is 0 Å². The molecule has 1 aromatic carbocycles. The predicted molar refractivity (Wildman–Crippen MR) is 61.4 cm³/mol. The van der Waals surface area contributed by atoms with Crippen LogP contribution in [0.4, 0.5) is 4.79 Å². The van der Waals surface area contributed by atoms with E-state index in [1.165, 1.54) is 0 Å². The summed E-state index contributed by atoms with van der Waals surface area (Å²) >= 11 is 0. The summed E-state index contributed by atoms with van der Waals surface area (Å²) in [6.07, 6.45) is -0.412. The first-order chi connectivity index (χ1) is 8.09. The molecule has 0 aromatic heterocycles. The number of carbonyl (C=O) groups excluding carboxylic acids is 1. The van der Waals surface area contributed by atoms with Gasteiger partial charge in [0.2, 0.25) is 0 Å². The molecule has 0 spiro atoms. The van der Waals surface area contributed by atoms with Gasteiger partial charge in [-0.25, -0.2) is 4.79 Å². The van der Waals surface area contributed by atoms with Gasteiger partial charge in [-0.05, 0) is 19.1 Å². The fraction of sp³-hybridized carbons (Fsp3) is 0.417. The molecule has 0 saturated carbocycles. The number of hydrogen-bond donors (Lipinski definition) is 1. The third-order valence-corrected chi connectivity index (χ3v) is 2.87. The van der Waals surface area contributed by atoms with Crippen molar-refractivity contribution in [1.82, 2.24) is 5.32 Å². The molecule has 0 radical (unpaired) electrons. The fourth-order valence-corrected chi connectivity index (χ4v) is 1.90. The molecule has 1 amide bonds. The third kappa shape index (κ3) is 2.00. The van der Waals surface area contributed by atoms with Gasteiger partial charge in [-0.15, -0.1) is 0 Å². The van der Waals surface area contributed by atoms with Crippen LogP contribution in [0.25, 0.3) is 0 Å². The van der Waals surface area contributed by atoms with Crippen molar-refractivity contribution >= 4 is 6.09 Å². The second kappa shape index (κ2) is 4.16. The minimum atomic E-state index is -0.700. The summed E-state index contributed by atoms with van der Waals surface area (Å²) in [5, 5.41) is 2.64. The first-order valence-electron chi connectivity index (χ1n) is 5.28. The van der Waals surface area contributed by atoms with Gasteiger partial charge in [-0.1, -0.05) is 0 Å². The predicted octanol–water partition coefficient (Wildman–Crippen LogP) is 1.66. The number of hydrogen-bond acceptors (Lipinski definition) is 4. The highest BCUT2D eigenvalue weighted by molar-refractivity contribution is 5.71. The van der Waals surface area contributed by atoms with Gasteiger partial charge in [-0.3, -0.25) is 0 Å². The van der Waals surface area contributed by atoms with Crippen LogP contribution in [0.1, 0.15) is 12.5 Å². The minimum absolute atomic E-state index is 0.412. The molecule has 1 aliphatic heterocycles. The molecule has 1 atom stereocenters. The van der Waals surface area contributed by atoms with Crippen molar-refractivity contribution in [2.45, 2.75) is 12.5 Å². The number of methoxy groups -OCH3 is 2. The van der Waals surface area contributed by atoms with Crippen LogP contribution in [0.3, 0.4) is 0 Å². The maximum atomic E-state index is 11.2. The summed E-state index contributed by atoms with van der Waals surface area (Å²) in [4.78, 5) is 11.2. The summed E-state index contributed by atoms with van der Waals surface area (Å²) in [7, 11) is 3.17. The molecule has 1 aromatic rings. The Labute approximate surface area is 99.7 Å². The van der Waals surface area contributed by atoms with Crippen molar-refractivity contribution < 1.29 is 19.0 Å². The Morgan fingerprint density at radius 2 is 2.12 bits per heavy atom. The molecule has 1 saturated heterocycles. The van der Waals surface area contributed by atoms with Crippen LogP contribution < -0.4 is 14.8 Å². The van der Waals surface area contributed by atoms with Crippen LogP contribution in [0.2, 0.25) is 0 Å². The van der Waals surface area contributed by atoms with E-state index >= 15 is 0 Å². The second-order valence-electron chi connectivity index (χ2n) is 4.04. The van der Waals surface area contributed by atoms with Crippen molar-refractivity contribution in [3.05, 3.63) is 23.8 Å². The fourth-order valence-electron chi connectivity index (χ4n) is 1.90. The van der Waals surface area contributed by atoms with Crippen molar-refractivity contribution in [1.29, 1.82) is 0 Å². The van der Waals surface area contributed by atoms with Crippen molar-refractivity contribution in [2.75, 3.05) is 20.8 Å². The quantitative estimate of drug-likeness (QED) is 0.868. The van der Waals surface area contributed by atoms with Gasteiger partial charge in [0, 0.05) is 11.6 Å². The summed E-state index contributed by atoms with van der Waals surface area (Å²) in [6, 6.07) is 5.43. The topological polar surface area (TPSA) is 56.8 Å². The first-order valence-corrected chi connectivity index (χ1v) is 5.28. The van der Waals surface area contributed by atoms with E-state index < -0.39 is 11.7 Å². The zero-order valence-corrected chi connectivity index (χ0v) is 10.1. The van der Waals surface area contributed by atoms with Gasteiger partial charge in [0.25, 0.3) is 0 Å².